The van der Waals surface area contributed by atoms with Gasteiger partial charge < -0.3 is 9.67 Å². The minimum Gasteiger partial charge on any atom is -0.481 e. The smallest absolute Gasteiger partial charge is 0.303 e. The maximum atomic E-state index is 11.6. The van der Waals surface area contributed by atoms with Gasteiger partial charge in [0, 0.05) is 40.7 Å². The monoisotopic (exact) mass is 329 g/mol. The molecule has 0 aliphatic carbocycles. The van der Waals surface area contributed by atoms with E-state index in [0.29, 0.717) is 18.4 Å². The van der Waals surface area contributed by atoms with Gasteiger partial charge in [-0.1, -0.05) is 24.6 Å². The molecule has 0 aliphatic rings. The molecule has 114 valence electrons. The van der Waals surface area contributed by atoms with E-state index in [-0.39, 0.29) is 11.3 Å². The van der Waals surface area contributed by atoms with Crippen LogP contribution in [-0.2, 0) is 20.4 Å². The Hall–Kier alpha value is -1.53. The normalized spacial score (nSPS) is 11.9. The van der Waals surface area contributed by atoms with Crippen LogP contribution < -0.4 is 0 Å². The topological polar surface area (TPSA) is 76.4 Å². The van der Waals surface area contributed by atoms with Crippen LogP contribution in [0, 0.1) is 0 Å². The summed E-state index contributed by atoms with van der Waals surface area (Å²) in [5.41, 5.74) is 0.815. The standard InChI is InChI=1S/C14H16ClNO4S/c15-21(19,20)13-10-16(9-5-1-2-8-14(17)18)12-7-4-3-6-11(12)13/h3-4,6-7,10H,1-2,5,8-9H2,(H,17,18). The van der Waals surface area contributed by atoms with Crippen molar-refractivity contribution in [3.63, 3.8) is 0 Å². The first kappa shape index (κ1) is 15.9. The number of hydrogen-bond acceptors (Lipinski definition) is 3. The zero-order valence-corrected chi connectivity index (χ0v) is 12.9. The highest BCUT2D eigenvalue weighted by atomic mass is 35.7. The van der Waals surface area contributed by atoms with Crippen molar-refractivity contribution in [3.05, 3.63) is 30.5 Å². The van der Waals surface area contributed by atoms with Crippen LogP contribution in [0.2, 0.25) is 0 Å². The third kappa shape index (κ3) is 3.98. The van der Waals surface area contributed by atoms with Crippen LogP contribution >= 0.6 is 10.7 Å². The Kier molecular flexibility index (Phi) is 4.90. The molecule has 1 aromatic carbocycles. The van der Waals surface area contributed by atoms with E-state index in [0.717, 1.165) is 18.4 Å². The summed E-state index contributed by atoms with van der Waals surface area (Å²) in [5, 5.41) is 9.19. The zero-order chi connectivity index (χ0) is 15.5. The molecule has 0 aliphatic heterocycles. The molecule has 2 aromatic rings. The first-order valence-corrected chi connectivity index (χ1v) is 8.95. The molecule has 1 N–H and O–H groups in total. The summed E-state index contributed by atoms with van der Waals surface area (Å²) in [5.74, 6) is -0.795. The van der Waals surface area contributed by atoms with Crippen molar-refractivity contribution in [3.8, 4) is 0 Å². The van der Waals surface area contributed by atoms with Crippen molar-refractivity contribution in [2.45, 2.75) is 37.1 Å². The third-order valence-corrected chi connectivity index (χ3v) is 4.65. The van der Waals surface area contributed by atoms with Crippen molar-refractivity contribution in [1.82, 2.24) is 4.57 Å². The number of unbranched alkanes of at least 4 members (excludes halogenated alkanes) is 2. The molecule has 7 heteroatoms. The third-order valence-electron chi connectivity index (χ3n) is 3.30. The van der Waals surface area contributed by atoms with Crippen molar-refractivity contribution in [2.24, 2.45) is 0 Å². The summed E-state index contributed by atoms with van der Waals surface area (Å²) in [6, 6.07) is 7.18. The van der Waals surface area contributed by atoms with Crippen LogP contribution in [0.1, 0.15) is 25.7 Å². The number of carboxylic acids is 1. The molecule has 0 unspecified atom stereocenters. The van der Waals surface area contributed by atoms with E-state index in [9.17, 15) is 13.2 Å². The first-order valence-electron chi connectivity index (χ1n) is 6.64. The maximum absolute atomic E-state index is 11.6. The Morgan fingerprint density at radius 2 is 1.90 bits per heavy atom. The second-order valence-corrected chi connectivity index (χ2v) is 7.38. The first-order chi connectivity index (χ1) is 9.89. The van der Waals surface area contributed by atoms with Crippen LogP contribution in [0.4, 0.5) is 0 Å². The number of halogens is 1. The van der Waals surface area contributed by atoms with Crippen LogP contribution in [0.15, 0.2) is 35.4 Å². The van der Waals surface area contributed by atoms with Gasteiger partial charge >= 0.3 is 5.97 Å². The van der Waals surface area contributed by atoms with E-state index in [4.69, 9.17) is 15.8 Å². The summed E-state index contributed by atoms with van der Waals surface area (Å²) in [6.07, 6.45) is 3.89. The lowest BCUT2D eigenvalue weighted by atomic mass is 10.2. The lowest BCUT2D eigenvalue weighted by Crippen LogP contribution is -1.98. The fourth-order valence-corrected chi connectivity index (χ4v) is 3.38. The molecule has 1 heterocycles. The van der Waals surface area contributed by atoms with E-state index in [1.807, 2.05) is 16.7 Å². The number of carboxylic acid groups (broad SMARTS) is 1. The number of aliphatic carboxylic acids is 1. The molecule has 2 rings (SSSR count). The Morgan fingerprint density at radius 1 is 1.19 bits per heavy atom. The number of nitrogens with zero attached hydrogens (tertiary/aromatic N) is 1. The van der Waals surface area contributed by atoms with Crippen molar-refractivity contribution in [1.29, 1.82) is 0 Å². The molecule has 0 saturated carbocycles. The predicted molar refractivity (Wildman–Crippen MR) is 81.1 cm³/mol. The van der Waals surface area contributed by atoms with Gasteiger partial charge in [0.25, 0.3) is 9.05 Å². The second kappa shape index (κ2) is 6.49. The van der Waals surface area contributed by atoms with Crippen LogP contribution in [0.5, 0.6) is 0 Å². The Balaban J connectivity index is 2.15. The molecule has 0 amide bonds. The molecule has 0 spiro atoms. The van der Waals surface area contributed by atoms with Crippen LogP contribution in [0.3, 0.4) is 0 Å². The molecular weight excluding hydrogens is 314 g/mol. The van der Waals surface area contributed by atoms with Gasteiger partial charge in [0.1, 0.15) is 4.90 Å². The molecule has 21 heavy (non-hydrogen) atoms. The molecule has 0 fully saturated rings. The van der Waals surface area contributed by atoms with Gasteiger partial charge in [-0.15, -0.1) is 0 Å². The number of benzene rings is 1. The van der Waals surface area contributed by atoms with Crippen LogP contribution in [-0.4, -0.2) is 24.1 Å². The molecule has 0 bridgehead atoms. The van der Waals surface area contributed by atoms with Gasteiger partial charge in [0.2, 0.25) is 0 Å². The van der Waals surface area contributed by atoms with Gasteiger partial charge in [-0.2, -0.15) is 0 Å². The minimum atomic E-state index is -3.78. The number of carbonyl (C=O) groups is 1. The average Bonchev–Trinajstić information content (AvgIpc) is 2.77. The average molecular weight is 330 g/mol. The highest BCUT2D eigenvalue weighted by Crippen LogP contribution is 2.28. The van der Waals surface area contributed by atoms with Gasteiger partial charge in [-0.25, -0.2) is 8.42 Å². The van der Waals surface area contributed by atoms with Gasteiger partial charge in [-0.3, -0.25) is 4.79 Å². The highest BCUT2D eigenvalue weighted by Gasteiger charge is 2.18. The number of aryl methyl sites for hydroxylation is 1. The van der Waals surface area contributed by atoms with Crippen molar-refractivity contribution < 1.29 is 18.3 Å². The quantitative estimate of drug-likeness (QED) is 0.625. The van der Waals surface area contributed by atoms with E-state index in [2.05, 4.69) is 0 Å². The number of fused-ring (bicyclic) bond motifs is 1. The largest absolute Gasteiger partial charge is 0.481 e. The Bertz CT molecular complexity index is 751. The molecule has 0 saturated heterocycles. The lowest BCUT2D eigenvalue weighted by Gasteiger charge is -2.04. The zero-order valence-electron chi connectivity index (χ0n) is 11.3. The fourth-order valence-electron chi connectivity index (χ4n) is 2.33. The number of aromatic nitrogens is 1. The summed E-state index contributed by atoms with van der Waals surface area (Å²) < 4.78 is 25.0. The minimum absolute atomic E-state index is 0.116. The maximum Gasteiger partial charge on any atom is 0.303 e. The van der Waals surface area contributed by atoms with Gasteiger partial charge in [-0.05, 0) is 18.9 Å². The number of para-hydroxylation sites is 1. The Morgan fingerprint density at radius 3 is 2.57 bits per heavy atom. The van der Waals surface area contributed by atoms with Gasteiger partial charge in [0.05, 0.1) is 0 Å². The predicted octanol–water partition coefficient (Wildman–Crippen LogP) is 3.21. The summed E-state index contributed by atoms with van der Waals surface area (Å²) in [4.78, 5) is 10.6. The molecule has 5 nitrogen and oxygen atoms in total. The Labute approximate surface area is 127 Å². The summed E-state index contributed by atoms with van der Waals surface area (Å²) in [6.45, 7) is 0.631. The summed E-state index contributed by atoms with van der Waals surface area (Å²) in [7, 11) is 1.68. The van der Waals surface area contributed by atoms with E-state index in [1.165, 1.54) is 0 Å². The van der Waals surface area contributed by atoms with E-state index < -0.39 is 15.0 Å². The van der Waals surface area contributed by atoms with Crippen molar-refractivity contribution >= 4 is 36.6 Å². The SMILES string of the molecule is O=C(O)CCCCCn1cc(S(=O)(=O)Cl)c2ccccc21. The van der Waals surface area contributed by atoms with Crippen molar-refractivity contribution in [2.75, 3.05) is 0 Å². The second-order valence-electron chi connectivity index (χ2n) is 4.85. The molecule has 1 aromatic heterocycles. The number of hydrogen-bond donors (Lipinski definition) is 1. The molecular formula is C14H16ClNO4S. The summed E-state index contributed by atoms with van der Waals surface area (Å²) >= 11 is 0. The molecule has 0 atom stereocenters. The van der Waals surface area contributed by atoms with E-state index >= 15 is 0 Å². The van der Waals surface area contributed by atoms with Crippen LogP contribution in [0.25, 0.3) is 10.9 Å². The molecule has 0 radical (unpaired) electrons. The fraction of sp³-hybridized carbons (Fsp3) is 0.357. The van der Waals surface area contributed by atoms with E-state index in [1.54, 1.807) is 18.3 Å². The number of rotatable bonds is 7. The van der Waals surface area contributed by atoms with Gasteiger partial charge in [0.15, 0.2) is 0 Å². The highest BCUT2D eigenvalue weighted by molar-refractivity contribution is 8.14. The lowest BCUT2D eigenvalue weighted by molar-refractivity contribution is -0.137.